The van der Waals surface area contributed by atoms with Crippen LogP contribution >= 0.6 is 0 Å². The number of aromatic nitrogens is 1. The van der Waals surface area contributed by atoms with E-state index in [9.17, 15) is 9.59 Å². The van der Waals surface area contributed by atoms with Crippen LogP contribution in [-0.2, 0) is 11.3 Å². The maximum absolute atomic E-state index is 13.0. The minimum Gasteiger partial charge on any atom is -0.354 e. The van der Waals surface area contributed by atoms with Gasteiger partial charge in [-0.3, -0.25) is 14.6 Å². The van der Waals surface area contributed by atoms with Crippen LogP contribution in [0.5, 0.6) is 0 Å². The third-order valence-electron chi connectivity index (χ3n) is 4.34. The van der Waals surface area contributed by atoms with Gasteiger partial charge in [0.2, 0.25) is 5.91 Å². The molecule has 148 valence electrons. The van der Waals surface area contributed by atoms with Crippen molar-refractivity contribution in [2.75, 3.05) is 17.2 Å². The fourth-order valence-electron chi connectivity index (χ4n) is 2.98. The van der Waals surface area contributed by atoms with E-state index in [1.54, 1.807) is 23.4 Å². The van der Waals surface area contributed by atoms with E-state index in [0.717, 1.165) is 11.3 Å². The van der Waals surface area contributed by atoms with E-state index in [1.807, 2.05) is 61.5 Å². The molecule has 0 aliphatic heterocycles. The van der Waals surface area contributed by atoms with Crippen molar-refractivity contribution in [3.63, 3.8) is 0 Å². The topological polar surface area (TPSA) is 74.3 Å². The van der Waals surface area contributed by atoms with E-state index < -0.39 is 0 Å². The summed E-state index contributed by atoms with van der Waals surface area (Å²) in [6, 6.07) is 19.1. The Balaban J connectivity index is 1.74. The highest BCUT2D eigenvalue weighted by Gasteiger charge is 2.15. The van der Waals surface area contributed by atoms with Crippen molar-refractivity contribution in [3.05, 3.63) is 84.2 Å². The van der Waals surface area contributed by atoms with Gasteiger partial charge in [-0.1, -0.05) is 36.4 Å². The average molecular weight is 388 g/mol. The molecule has 2 N–H and O–H groups in total. The summed E-state index contributed by atoms with van der Waals surface area (Å²) in [6.07, 6.45) is 3.24. The molecular formula is C23H24N4O2. The summed E-state index contributed by atoms with van der Waals surface area (Å²) in [5.74, 6) is -0.200. The number of nitrogens with one attached hydrogen (secondary N) is 2. The normalized spacial score (nSPS) is 10.3. The summed E-state index contributed by atoms with van der Waals surface area (Å²) in [5.41, 5.74) is 3.79. The molecule has 2 aromatic carbocycles. The van der Waals surface area contributed by atoms with Crippen LogP contribution < -0.4 is 10.6 Å². The van der Waals surface area contributed by atoms with Crippen LogP contribution in [0.2, 0.25) is 0 Å². The molecule has 0 saturated heterocycles. The molecule has 1 aromatic heterocycles. The van der Waals surface area contributed by atoms with E-state index in [0.29, 0.717) is 30.0 Å². The molecule has 6 nitrogen and oxygen atoms in total. The van der Waals surface area contributed by atoms with Crippen molar-refractivity contribution in [1.29, 1.82) is 0 Å². The lowest BCUT2D eigenvalue weighted by Gasteiger charge is -2.21. The number of hydrogen-bond acceptors (Lipinski definition) is 4. The second-order valence-electron chi connectivity index (χ2n) is 6.65. The molecule has 0 unspecified atom stereocenters. The molecule has 0 spiro atoms. The lowest BCUT2D eigenvalue weighted by atomic mass is 10.1. The van der Waals surface area contributed by atoms with Crippen LogP contribution in [0, 0.1) is 0 Å². The van der Waals surface area contributed by atoms with Gasteiger partial charge in [-0.2, -0.15) is 0 Å². The summed E-state index contributed by atoms with van der Waals surface area (Å²) in [5, 5.41) is 5.99. The van der Waals surface area contributed by atoms with Gasteiger partial charge in [0.25, 0.3) is 5.91 Å². The quantitative estimate of drug-likeness (QED) is 0.627. The van der Waals surface area contributed by atoms with Crippen LogP contribution in [-0.4, -0.2) is 28.2 Å². The number of rotatable bonds is 7. The molecule has 0 bridgehead atoms. The van der Waals surface area contributed by atoms with Gasteiger partial charge in [0.15, 0.2) is 0 Å². The first kappa shape index (κ1) is 20.1. The average Bonchev–Trinajstić information content (AvgIpc) is 2.72. The zero-order valence-electron chi connectivity index (χ0n) is 16.6. The molecule has 0 aliphatic carbocycles. The molecule has 1 heterocycles. The molecule has 0 saturated carbocycles. The van der Waals surface area contributed by atoms with Crippen LogP contribution in [0.4, 0.5) is 17.1 Å². The highest BCUT2D eigenvalue weighted by Crippen LogP contribution is 2.21. The van der Waals surface area contributed by atoms with E-state index in [-0.39, 0.29) is 11.8 Å². The van der Waals surface area contributed by atoms with Gasteiger partial charge in [0.05, 0.1) is 17.4 Å². The zero-order valence-corrected chi connectivity index (χ0v) is 16.6. The summed E-state index contributed by atoms with van der Waals surface area (Å²) < 4.78 is 0. The SMILES string of the molecule is CCN(Cc1ccccc1)C(=O)c1cncc(Nc2cccc(NC(C)=O)c2)c1. The number of nitrogens with zero attached hydrogens (tertiary/aromatic N) is 2. The van der Waals surface area contributed by atoms with Crippen molar-refractivity contribution in [2.45, 2.75) is 20.4 Å². The Bertz CT molecular complexity index is 989. The Kier molecular flexibility index (Phi) is 6.58. The largest absolute Gasteiger partial charge is 0.354 e. The van der Waals surface area contributed by atoms with Gasteiger partial charge in [-0.05, 0) is 36.8 Å². The van der Waals surface area contributed by atoms with Crippen LogP contribution in [0.25, 0.3) is 0 Å². The fourth-order valence-corrected chi connectivity index (χ4v) is 2.98. The summed E-state index contributed by atoms with van der Waals surface area (Å²) in [6.45, 7) is 4.58. The lowest BCUT2D eigenvalue weighted by molar-refractivity contribution is -0.114. The highest BCUT2D eigenvalue weighted by atomic mass is 16.2. The molecule has 0 radical (unpaired) electrons. The number of pyridine rings is 1. The van der Waals surface area contributed by atoms with Crippen molar-refractivity contribution >= 4 is 28.9 Å². The first-order valence-corrected chi connectivity index (χ1v) is 9.48. The van der Waals surface area contributed by atoms with Gasteiger partial charge in [0.1, 0.15) is 0 Å². The maximum atomic E-state index is 13.0. The third kappa shape index (κ3) is 5.65. The Labute approximate surface area is 170 Å². The number of carbonyl (C=O) groups excluding carboxylic acids is 2. The van der Waals surface area contributed by atoms with Gasteiger partial charge in [-0.25, -0.2) is 0 Å². The Morgan fingerprint density at radius 3 is 2.41 bits per heavy atom. The Morgan fingerprint density at radius 2 is 1.69 bits per heavy atom. The number of hydrogen-bond donors (Lipinski definition) is 2. The molecule has 0 aliphatic rings. The predicted molar refractivity (Wildman–Crippen MR) is 115 cm³/mol. The minimum atomic E-state index is -0.130. The molecule has 6 heteroatoms. The van der Waals surface area contributed by atoms with Crippen molar-refractivity contribution in [3.8, 4) is 0 Å². The standard InChI is InChI=1S/C23H24N4O2/c1-3-27(16-18-8-5-4-6-9-18)23(29)19-12-22(15-24-14-19)26-21-11-7-10-20(13-21)25-17(2)28/h4-15,26H,3,16H2,1-2H3,(H,25,28). The first-order chi connectivity index (χ1) is 14.0. The molecule has 3 rings (SSSR count). The number of carbonyl (C=O) groups is 2. The number of amides is 2. The van der Waals surface area contributed by atoms with E-state index >= 15 is 0 Å². The third-order valence-corrected chi connectivity index (χ3v) is 4.34. The van der Waals surface area contributed by atoms with E-state index in [4.69, 9.17) is 0 Å². The van der Waals surface area contributed by atoms with E-state index in [1.165, 1.54) is 6.92 Å². The minimum absolute atomic E-state index is 0.0699. The van der Waals surface area contributed by atoms with E-state index in [2.05, 4.69) is 15.6 Å². The summed E-state index contributed by atoms with van der Waals surface area (Å²) in [4.78, 5) is 30.2. The number of benzene rings is 2. The Morgan fingerprint density at radius 1 is 0.931 bits per heavy atom. The smallest absolute Gasteiger partial charge is 0.255 e. The predicted octanol–water partition coefficient (Wildman–Crippen LogP) is 4.45. The van der Waals surface area contributed by atoms with Crippen LogP contribution in [0.1, 0.15) is 29.8 Å². The molecule has 3 aromatic rings. The molecular weight excluding hydrogens is 364 g/mol. The zero-order chi connectivity index (χ0) is 20.6. The number of anilines is 3. The lowest BCUT2D eigenvalue weighted by Crippen LogP contribution is -2.30. The van der Waals surface area contributed by atoms with Crippen LogP contribution in [0.15, 0.2) is 73.1 Å². The summed E-state index contributed by atoms with van der Waals surface area (Å²) >= 11 is 0. The van der Waals surface area contributed by atoms with Crippen molar-refractivity contribution in [1.82, 2.24) is 9.88 Å². The van der Waals surface area contributed by atoms with Gasteiger partial charge < -0.3 is 15.5 Å². The Hall–Kier alpha value is -3.67. The highest BCUT2D eigenvalue weighted by molar-refractivity contribution is 5.95. The fraction of sp³-hybridized carbons (Fsp3) is 0.174. The van der Waals surface area contributed by atoms with Gasteiger partial charge in [0, 0.05) is 37.6 Å². The molecule has 0 fully saturated rings. The van der Waals surface area contributed by atoms with Gasteiger partial charge >= 0.3 is 0 Å². The first-order valence-electron chi connectivity index (χ1n) is 9.48. The molecule has 29 heavy (non-hydrogen) atoms. The second-order valence-corrected chi connectivity index (χ2v) is 6.65. The second kappa shape index (κ2) is 9.50. The molecule has 0 atom stereocenters. The maximum Gasteiger partial charge on any atom is 0.255 e. The monoisotopic (exact) mass is 388 g/mol. The van der Waals surface area contributed by atoms with Crippen molar-refractivity contribution < 1.29 is 9.59 Å². The van der Waals surface area contributed by atoms with Crippen molar-refractivity contribution in [2.24, 2.45) is 0 Å². The van der Waals surface area contributed by atoms with Gasteiger partial charge in [-0.15, -0.1) is 0 Å². The van der Waals surface area contributed by atoms with Crippen LogP contribution in [0.3, 0.4) is 0 Å². The summed E-state index contributed by atoms with van der Waals surface area (Å²) in [7, 11) is 0. The molecule has 2 amide bonds.